The van der Waals surface area contributed by atoms with Gasteiger partial charge in [0, 0.05) is 23.7 Å². The van der Waals surface area contributed by atoms with Crippen molar-refractivity contribution >= 4 is 0 Å². The molecule has 0 bridgehead atoms. The van der Waals surface area contributed by atoms with Crippen LogP contribution in [0.2, 0.25) is 0 Å². The Morgan fingerprint density at radius 1 is 1.05 bits per heavy atom. The van der Waals surface area contributed by atoms with Crippen LogP contribution in [-0.4, -0.2) is 7.11 Å². The molecule has 0 aliphatic rings. The Bertz CT molecular complexity index is 586. The fraction of sp³-hybridized carbons (Fsp3) is 0.250. The molecule has 0 fully saturated rings. The van der Waals surface area contributed by atoms with Gasteiger partial charge in [0.15, 0.2) is 0 Å². The second kappa shape index (κ2) is 6.48. The lowest BCUT2D eigenvalue weighted by Gasteiger charge is -2.18. The number of rotatable bonds is 5. The van der Waals surface area contributed by atoms with Crippen molar-refractivity contribution in [2.24, 2.45) is 0 Å². The van der Waals surface area contributed by atoms with Crippen molar-refractivity contribution in [2.75, 3.05) is 7.11 Å². The van der Waals surface area contributed by atoms with Gasteiger partial charge in [0.25, 0.3) is 0 Å². The van der Waals surface area contributed by atoms with E-state index >= 15 is 0 Å². The maximum Gasteiger partial charge on any atom is 0.131 e. The number of hydrogen-bond acceptors (Lipinski definition) is 2. The molecule has 0 saturated carbocycles. The minimum absolute atomic E-state index is 0.271. The third kappa shape index (κ3) is 3.14. The molecule has 20 heavy (non-hydrogen) atoms. The standard InChI is InChI=1S/C16H17F2NO/c1-11(16-14(18)8-5-9-15(16)20-2)19-10-12-6-3-4-7-13(12)17/h3-9,11,19H,10H2,1-2H3. The van der Waals surface area contributed by atoms with Crippen LogP contribution < -0.4 is 10.1 Å². The van der Waals surface area contributed by atoms with Gasteiger partial charge < -0.3 is 10.1 Å². The van der Waals surface area contributed by atoms with Gasteiger partial charge in [-0.25, -0.2) is 8.78 Å². The second-order valence-electron chi connectivity index (χ2n) is 4.55. The fourth-order valence-corrected chi connectivity index (χ4v) is 2.12. The van der Waals surface area contributed by atoms with Crippen LogP contribution in [0.4, 0.5) is 8.78 Å². The first kappa shape index (κ1) is 14.5. The Morgan fingerprint density at radius 2 is 1.75 bits per heavy atom. The van der Waals surface area contributed by atoms with Gasteiger partial charge in [-0.15, -0.1) is 0 Å². The first-order valence-corrected chi connectivity index (χ1v) is 6.42. The maximum absolute atomic E-state index is 13.9. The van der Waals surface area contributed by atoms with Crippen LogP contribution in [0.1, 0.15) is 24.1 Å². The zero-order valence-electron chi connectivity index (χ0n) is 11.5. The van der Waals surface area contributed by atoms with Crippen molar-refractivity contribution in [2.45, 2.75) is 19.5 Å². The number of benzene rings is 2. The molecule has 0 amide bonds. The van der Waals surface area contributed by atoms with E-state index in [0.29, 0.717) is 23.4 Å². The Balaban J connectivity index is 2.13. The number of ether oxygens (including phenoxy) is 1. The predicted octanol–water partition coefficient (Wildman–Crippen LogP) is 3.82. The van der Waals surface area contributed by atoms with E-state index in [0.717, 1.165) is 0 Å². The summed E-state index contributed by atoms with van der Waals surface area (Å²) in [6.45, 7) is 2.15. The molecule has 0 aromatic heterocycles. The van der Waals surface area contributed by atoms with Crippen LogP contribution in [0, 0.1) is 11.6 Å². The summed E-state index contributed by atoms with van der Waals surface area (Å²) in [6, 6.07) is 10.9. The monoisotopic (exact) mass is 277 g/mol. The molecule has 2 rings (SSSR count). The lowest BCUT2D eigenvalue weighted by Crippen LogP contribution is -2.20. The molecule has 2 aromatic rings. The van der Waals surface area contributed by atoms with Crippen LogP contribution in [0.5, 0.6) is 5.75 Å². The molecule has 0 saturated heterocycles. The van der Waals surface area contributed by atoms with E-state index in [1.165, 1.54) is 19.2 Å². The summed E-state index contributed by atoms with van der Waals surface area (Å²) in [7, 11) is 1.50. The van der Waals surface area contributed by atoms with E-state index in [1.54, 1.807) is 30.3 Å². The molecule has 4 heteroatoms. The minimum atomic E-state index is -0.335. The van der Waals surface area contributed by atoms with E-state index < -0.39 is 0 Å². The van der Waals surface area contributed by atoms with Crippen molar-refractivity contribution in [3.63, 3.8) is 0 Å². The van der Waals surface area contributed by atoms with Crippen molar-refractivity contribution in [1.29, 1.82) is 0 Å². The smallest absolute Gasteiger partial charge is 0.131 e. The molecule has 1 N–H and O–H groups in total. The molecule has 2 nitrogen and oxygen atoms in total. The molecule has 0 aliphatic heterocycles. The van der Waals surface area contributed by atoms with Gasteiger partial charge in [-0.1, -0.05) is 24.3 Å². The van der Waals surface area contributed by atoms with Crippen molar-refractivity contribution in [3.05, 3.63) is 65.2 Å². The van der Waals surface area contributed by atoms with Crippen LogP contribution >= 0.6 is 0 Å². The van der Waals surface area contributed by atoms with Gasteiger partial charge in [-0.2, -0.15) is 0 Å². The molecule has 1 unspecified atom stereocenters. The third-order valence-corrected chi connectivity index (χ3v) is 3.22. The topological polar surface area (TPSA) is 21.3 Å². The normalized spacial score (nSPS) is 12.2. The average molecular weight is 277 g/mol. The molecule has 0 aliphatic carbocycles. The number of halogens is 2. The van der Waals surface area contributed by atoms with Crippen LogP contribution in [0.15, 0.2) is 42.5 Å². The summed E-state index contributed by atoms with van der Waals surface area (Å²) in [5.41, 5.74) is 1.00. The molecule has 0 heterocycles. The summed E-state index contributed by atoms with van der Waals surface area (Å²) >= 11 is 0. The molecule has 2 aromatic carbocycles. The lowest BCUT2D eigenvalue weighted by atomic mass is 10.1. The molecule has 0 spiro atoms. The highest BCUT2D eigenvalue weighted by molar-refractivity contribution is 5.37. The summed E-state index contributed by atoms with van der Waals surface area (Å²) in [4.78, 5) is 0. The van der Waals surface area contributed by atoms with Crippen molar-refractivity contribution < 1.29 is 13.5 Å². The van der Waals surface area contributed by atoms with Gasteiger partial charge in [0.1, 0.15) is 17.4 Å². The highest BCUT2D eigenvalue weighted by Crippen LogP contribution is 2.27. The maximum atomic E-state index is 13.9. The molecular formula is C16H17F2NO. The SMILES string of the molecule is COc1cccc(F)c1C(C)NCc1ccccc1F. The van der Waals surface area contributed by atoms with E-state index in [2.05, 4.69) is 5.32 Å². The highest BCUT2D eigenvalue weighted by Gasteiger charge is 2.16. The second-order valence-corrected chi connectivity index (χ2v) is 4.55. The molecular weight excluding hydrogens is 260 g/mol. The van der Waals surface area contributed by atoms with E-state index in [1.807, 2.05) is 6.92 Å². The largest absolute Gasteiger partial charge is 0.496 e. The van der Waals surface area contributed by atoms with E-state index in [4.69, 9.17) is 4.74 Å². The quantitative estimate of drug-likeness (QED) is 0.897. The molecule has 0 radical (unpaired) electrons. The molecule has 1 atom stereocenters. The Labute approximate surface area is 117 Å². The number of methoxy groups -OCH3 is 1. The van der Waals surface area contributed by atoms with Crippen molar-refractivity contribution in [3.8, 4) is 5.75 Å². The van der Waals surface area contributed by atoms with Gasteiger partial charge in [0.2, 0.25) is 0 Å². The third-order valence-electron chi connectivity index (χ3n) is 3.22. The summed E-state index contributed by atoms with van der Waals surface area (Å²) in [6.07, 6.45) is 0. The van der Waals surface area contributed by atoms with Crippen molar-refractivity contribution in [1.82, 2.24) is 5.32 Å². The number of nitrogens with one attached hydrogen (secondary N) is 1. The summed E-state index contributed by atoms with van der Waals surface area (Å²) in [5.74, 6) is -0.121. The Kier molecular flexibility index (Phi) is 4.69. The Morgan fingerprint density at radius 3 is 2.45 bits per heavy atom. The van der Waals surface area contributed by atoms with Crippen LogP contribution in [0.3, 0.4) is 0 Å². The number of hydrogen-bond donors (Lipinski definition) is 1. The summed E-state index contributed by atoms with van der Waals surface area (Å²) < 4.78 is 32.6. The Hall–Kier alpha value is -1.94. The van der Waals surface area contributed by atoms with E-state index in [-0.39, 0.29) is 17.7 Å². The fourth-order valence-electron chi connectivity index (χ4n) is 2.12. The van der Waals surface area contributed by atoms with Gasteiger partial charge in [0.05, 0.1) is 7.11 Å². The van der Waals surface area contributed by atoms with Crippen LogP contribution in [-0.2, 0) is 6.54 Å². The molecule has 106 valence electrons. The van der Waals surface area contributed by atoms with Crippen LogP contribution in [0.25, 0.3) is 0 Å². The van der Waals surface area contributed by atoms with Gasteiger partial charge in [-0.3, -0.25) is 0 Å². The van der Waals surface area contributed by atoms with Gasteiger partial charge in [-0.05, 0) is 25.1 Å². The highest BCUT2D eigenvalue weighted by atomic mass is 19.1. The summed E-state index contributed by atoms with van der Waals surface area (Å²) in [5, 5.41) is 3.11. The first-order valence-electron chi connectivity index (χ1n) is 6.42. The predicted molar refractivity (Wildman–Crippen MR) is 74.6 cm³/mol. The average Bonchev–Trinajstić information content (AvgIpc) is 2.45. The minimum Gasteiger partial charge on any atom is -0.496 e. The van der Waals surface area contributed by atoms with E-state index in [9.17, 15) is 8.78 Å². The van der Waals surface area contributed by atoms with Gasteiger partial charge >= 0.3 is 0 Å². The first-order chi connectivity index (χ1) is 9.63. The zero-order chi connectivity index (χ0) is 14.5. The lowest BCUT2D eigenvalue weighted by molar-refractivity contribution is 0.393. The zero-order valence-corrected chi connectivity index (χ0v) is 11.5.